The number of nitrogens with two attached hydrogens (primary N) is 1. The van der Waals surface area contributed by atoms with E-state index in [9.17, 15) is 18.0 Å². The Morgan fingerprint density at radius 3 is 2.38 bits per heavy atom. The maximum atomic E-state index is 13.2. The van der Waals surface area contributed by atoms with Gasteiger partial charge < -0.3 is 14.8 Å². The first-order valence-corrected chi connectivity index (χ1v) is 12.3. The molecule has 0 saturated heterocycles. The first-order valence-electron chi connectivity index (χ1n) is 10.1. The molecule has 3 amide bonds. The van der Waals surface area contributed by atoms with Crippen LogP contribution in [0.15, 0.2) is 10.4 Å². The molecule has 2 aliphatic rings. The van der Waals surface area contributed by atoms with Crippen molar-refractivity contribution >= 4 is 38.7 Å². The maximum absolute atomic E-state index is 13.2. The Hall–Kier alpha value is -1.88. The number of carbonyl (C=O) groups is 2. The van der Waals surface area contributed by atoms with Gasteiger partial charge in [-0.15, -0.1) is 0 Å². The van der Waals surface area contributed by atoms with Crippen molar-refractivity contribution in [1.82, 2.24) is 9.88 Å². The van der Waals surface area contributed by atoms with Crippen LogP contribution in [-0.4, -0.2) is 42.5 Å². The number of thiazole rings is 1. The van der Waals surface area contributed by atoms with Crippen LogP contribution in [0.3, 0.4) is 0 Å². The summed E-state index contributed by atoms with van der Waals surface area (Å²) in [6.45, 7) is 2.24. The summed E-state index contributed by atoms with van der Waals surface area (Å²) in [5.74, 6) is 0.680. The highest BCUT2D eigenvalue weighted by Gasteiger charge is 2.34. The number of amides is 3. The quantitative estimate of drug-likeness (QED) is 0.666. The lowest BCUT2D eigenvalue weighted by atomic mass is 9.84. The fourth-order valence-corrected chi connectivity index (χ4v) is 6.01. The van der Waals surface area contributed by atoms with E-state index in [-0.39, 0.29) is 27.5 Å². The summed E-state index contributed by atoms with van der Waals surface area (Å²) in [5, 5.41) is 2.90. The fourth-order valence-electron chi connectivity index (χ4n) is 4.25. The van der Waals surface area contributed by atoms with Crippen molar-refractivity contribution in [3.8, 4) is 0 Å². The van der Waals surface area contributed by atoms with Gasteiger partial charge in [0.05, 0.1) is 6.20 Å². The van der Waals surface area contributed by atoms with Crippen molar-refractivity contribution in [2.24, 2.45) is 11.7 Å². The van der Waals surface area contributed by atoms with Crippen molar-refractivity contribution in [2.45, 2.75) is 81.0 Å². The second-order valence-electron chi connectivity index (χ2n) is 7.88. The van der Waals surface area contributed by atoms with Gasteiger partial charge in [-0.25, -0.2) is 14.6 Å². The molecular formula is C18H28N4O5S2. The number of aromatic nitrogens is 1. The van der Waals surface area contributed by atoms with Gasteiger partial charge in [-0.3, -0.25) is 5.32 Å². The van der Waals surface area contributed by atoms with Crippen molar-refractivity contribution in [2.75, 3.05) is 5.32 Å². The Labute approximate surface area is 175 Å². The highest BCUT2D eigenvalue weighted by atomic mass is 32.3. The molecule has 1 aromatic rings. The molecule has 2 fully saturated rings. The molecule has 2 aliphatic carbocycles. The number of primary amides is 1. The van der Waals surface area contributed by atoms with Gasteiger partial charge in [-0.05, 0) is 44.4 Å². The normalized spacial score (nSPS) is 23.3. The molecule has 0 unspecified atom stereocenters. The number of nitrogens with one attached hydrogen (secondary N) is 1. The Bertz CT molecular complexity index is 827. The van der Waals surface area contributed by atoms with E-state index in [2.05, 4.69) is 21.4 Å². The number of hydrogen-bond acceptors (Lipinski definition) is 7. The summed E-state index contributed by atoms with van der Waals surface area (Å²) in [7, 11) is -4.33. The van der Waals surface area contributed by atoms with Gasteiger partial charge in [0, 0.05) is 12.1 Å². The van der Waals surface area contributed by atoms with E-state index in [1.54, 1.807) is 0 Å². The summed E-state index contributed by atoms with van der Waals surface area (Å²) in [4.78, 5) is 29.9. The maximum Gasteiger partial charge on any atom is 0.420 e. The third-order valence-electron chi connectivity index (χ3n) is 5.72. The summed E-state index contributed by atoms with van der Waals surface area (Å²) < 4.78 is 27.7. The molecule has 9 nitrogen and oxygen atoms in total. The van der Waals surface area contributed by atoms with Gasteiger partial charge in [0.15, 0.2) is 9.34 Å². The van der Waals surface area contributed by atoms with Gasteiger partial charge in [-0.2, -0.15) is 8.42 Å². The SMILES string of the molecule is CC1CCC(N(C(=O)Nc2ncc(S(=O)(=O)OC(N)=O)s2)C2CCCCC2)CC1. The van der Waals surface area contributed by atoms with Crippen molar-refractivity contribution in [3.05, 3.63) is 6.20 Å². The molecule has 0 atom stereocenters. The number of rotatable bonds is 5. The average Bonchev–Trinajstić information content (AvgIpc) is 3.13. The van der Waals surface area contributed by atoms with Crippen LogP contribution in [0.2, 0.25) is 0 Å². The molecule has 2 saturated carbocycles. The second kappa shape index (κ2) is 9.29. The van der Waals surface area contributed by atoms with Crippen LogP contribution in [-0.2, 0) is 14.3 Å². The minimum absolute atomic E-state index is 0.145. The van der Waals surface area contributed by atoms with Gasteiger partial charge in [-0.1, -0.05) is 37.5 Å². The molecule has 1 heterocycles. The molecule has 0 bridgehead atoms. The largest absolute Gasteiger partial charge is 0.420 e. The molecule has 162 valence electrons. The first kappa shape index (κ1) is 21.8. The molecular weight excluding hydrogens is 416 g/mol. The first-order chi connectivity index (χ1) is 13.8. The lowest BCUT2D eigenvalue weighted by Crippen LogP contribution is -2.51. The number of carbonyl (C=O) groups excluding carboxylic acids is 2. The minimum atomic E-state index is -4.33. The minimum Gasteiger partial charge on any atom is -0.334 e. The lowest BCUT2D eigenvalue weighted by molar-refractivity contribution is 0.105. The number of hydrogen-bond donors (Lipinski definition) is 2. The number of urea groups is 1. The Morgan fingerprint density at radius 1 is 1.14 bits per heavy atom. The van der Waals surface area contributed by atoms with Crippen LogP contribution in [0.4, 0.5) is 14.7 Å². The molecule has 0 radical (unpaired) electrons. The lowest BCUT2D eigenvalue weighted by Gasteiger charge is -2.42. The van der Waals surface area contributed by atoms with E-state index in [1.807, 2.05) is 4.90 Å². The molecule has 3 rings (SSSR count). The van der Waals surface area contributed by atoms with E-state index in [0.717, 1.165) is 68.9 Å². The van der Waals surface area contributed by atoms with E-state index in [4.69, 9.17) is 5.73 Å². The summed E-state index contributed by atoms with van der Waals surface area (Å²) >= 11 is 0.731. The van der Waals surface area contributed by atoms with Gasteiger partial charge in [0.2, 0.25) is 0 Å². The monoisotopic (exact) mass is 444 g/mol. The zero-order valence-electron chi connectivity index (χ0n) is 16.5. The fraction of sp³-hybridized carbons (Fsp3) is 0.722. The van der Waals surface area contributed by atoms with Crippen LogP contribution >= 0.6 is 11.3 Å². The van der Waals surface area contributed by atoms with Crippen LogP contribution in [0.1, 0.15) is 64.7 Å². The van der Waals surface area contributed by atoms with Gasteiger partial charge >= 0.3 is 22.2 Å². The van der Waals surface area contributed by atoms with Crippen LogP contribution < -0.4 is 11.1 Å². The van der Waals surface area contributed by atoms with Crippen molar-refractivity contribution in [1.29, 1.82) is 0 Å². The summed E-state index contributed by atoms with van der Waals surface area (Å²) in [6.07, 6.45) is 9.20. The van der Waals surface area contributed by atoms with Crippen LogP contribution in [0.5, 0.6) is 0 Å². The third-order valence-corrected chi connectivity index (χ3v) is 8.27. The third kappa shape index (κ3) is 5.59. The predicted molar refractivity (Wildman–Crippen MR) is 109 cm³/mol. The molecule has 1 aromatic heterocycles. The number of nitrogens with zero attached hydrogens (tertiary/aromatic N) is 2. The smallest absolute Gasteiger partial charge is 0.334 e. The molecule has 3 N–H and O–H groups in total. The highest BCUT2D eigenvalue weighted by Crippen LogP contribution is 2.33. The Kier molecular flexibility index (Phi) is 6.99. The molecule has 11 heteroatoms. The number of anilines is 1. The topological polar surface area (TPSA) is 132 Å². The molecule has 29 heavy (non-hydrogen) atoms. The molecule has 0 aromatic carbocycles. The van der Waals surface area contributed by atoms with E-state index < -0.39 is 16.2 Å². The summed E-state index contributed by atoms with van der Waals surface area (Å²) in [6, 6.07) is 0.143. The van der Waals surface area contributed by atoms with E-state index in [1.165, 1.54) is 6.42 Å². The Balaban J connectivity index is 1.73. The van der Waals surface area contributed by atoms with Crippen molar-refractivity contribution < 1.29 is 22.2 Å². The van der Waals surface area contributed by atoms with Gasteiger partial charge in [0.25, 0.3) is 0 Å². The van der Waals surface area contributed by atoms with Crippen LogP contribution in [0, 0.1) is 5.92 Å². The standard InChI is InChI=1S/C18H28N4O5S2/c1-12-7-9-14(10-8-12)22(13-5-3-2-4-6-13)18(24)21-17-20-11-15(28-17)29(25,26)27-16(19)23/h11-14H,2-10H2,1H3,(H2,19,23)(H,20,21,24). The molecule has 0 aliphatic heterocycles. The van der Waals surface area contributed by atoms with Crippen molar-refractivity contribution in [3.63, 3.8) is 0 Å². The summed E-state index contributed by atoms with van der Waals surface area (Å²) in [5.41, 5.74) is 4.79. The highest BCUT2D eigenvalue weighted by molar-refractivity contribution is 7.89. The van der Waals surface area contributed by atoms with Crippen LogP contribution in [0.25, 0.3) is 0 Å². The Morgan fingerprint density at radius 2 is 1.76 bits per heavy atom. The molecule has 0 spiro atoms. The van der Waals surface area contributed by atoms with E-state index >= 15 is 0 Å². The second-order valence-corrected chi connectivity index (χ2v) is 10.7. The average molecular weight is 445 g/mol. The van der Waals surface area contributed by atoms with Gasteiger partial charge in [0.1, 0.15) is 0 Å². The van der Waals surface area contributed by atoms with E-state index in [0.29, 0.717) is 5.92 Å². The zero-order valence-corrected chi connectivity index (χ0v) is 18.1. The predicted octanol–water partition coefficient (Wildman–Crippen LogP) is 3.67. The zero-order chi connectivity index (χ0) is 21.0.